The van der Waals surface area contributed by atoms with Crippen LogP contribution < -0.4 is 10.5 Å². The Kier molecular flexibility index (Phi) is 2.27. The number of aryl methyl sites for hydroxylation is 1. The van der Waals surface area contributed by atoms with E-state index in [1.54, 1.807) is 0 Å². The van der Waals surface area contributed by atoms with Crippen LogP contribution in [0.25, 0.3) is 0 Å². The molecule has 0 aliphatic carbocycles. The van der Waals surface area contributed by atoms with E-state index in [1.807, 2.05) is 0 Å². The molecule has 1 aromatic rings. The number of rotatable bonds is 0. The molecule has 2 N–H and O–H groups in total. The van der Waals surface area contributed by atoms with Crippen LogP contribution in [0.1, 0.15) is 43.5 Å². The maximum absolute atomic E-state index is 6.00. The third-order valence-electron chi connectivity index (χ3n) is 2.98. The summed E-state index contributed by atoms with van der Waals surface area (Å²) in [6, 6.07) is 4.44. The standard InChI is InChI=1S/C13H19NO/c1-8-5-9(13(2,3)4)6-10-11(14)7-15-12(8)10/h5-6,11H,7,14H2,1-4H3. The predicted octanol–water partition coefficient (Wildman–Crippen LogP) is 2.68. The van der Waals surface area contributed by atoms with Crippen molar-refractivity contribution in [2.45, 2.75) is 39.2 Å². The molecule has 0 saturated heterocycles. The lowest BCUT2D eigenvalue weighted by atomic mass is 9.84. The SMILES string of the molecule is Cc1cc(C(C)(C)C)cc2c1OCC2N. The third kappa shape index (κ3) is 1.74. The van der Waals surface area contributed by atoms with E-state index in [-0.39, 0.29) is 11.5 Å². The second-order valence-corrected chi connectivity index (χ2v) is 5.38. The average Bonchev–Trinajstić information content (AvgIpc) is 2.47. The van der Waals surface area contributed by atoms with Crippen molar-refractivity contribution in [3.63, 3.8) is 0 Å². The van der Waals surface area contributed by atoms with E-state index in [0.29, 0.717) is 6.61 Å². The van der Waals surface area contributed by atoms with Gasteiger partial charge in [-0.25, -0.2) is 0 Å². The Balaban J connectivity index is 2.56. The summed E-state index contributed by atoms with van der Waals surface area (Å²) in [5, 5.41) is 0. The lowest BCUT2D eigenvalue weighted by molar-refractivity contribution is 0.331. The van der Waals surface area contributed by atoms with Crippen molar-refractivity contribution in [3.8, 4) is 5.75 Å². The fourth-order valence-corrected chi connectivity index (χ4v) is 1.97. The zero-order chi connectivity index (χ0) is 11.2. The molecule has 2 rings (SSSR count). The Labute approximate surface area is 91.4 Å². The summed E-state index contributed by atoms with van der Waals surface area (Å²) in [6.07, 6.45) is 0. The van der Waals surface area contributed by atoms with Gasteiger partial charge in [-0.15, -0.1) is 0 Å². The Morgan fingerprint density at radius 3 is 2.60 bits per heavy atom. The summed E-state index contributed by atoms with van der Waals surface area (Å²) in [6.45, 7) is 9.36. The summed E-state index contributed by atoms with van der Waals surface area (Å²) in [5.41, 5.74) is 9.87. The van der Waals surface area contributed by atoms with E-state index in [0.717, 1.165) is 5.75 Å². The van der Waals surface area contributed by atoms with Gasteiger partial charge in [0, 0.05) is 5.56 Å². The molecule has 2 heteroatoms. The molecule has 0 spiro atoms. The normalized spacial score (nSPS) is 19.9. The Hall–Kier alpha value is -1.02. The number of nitrogens with two attached hydrogens (primary N) is 1. The van der Waals surface area contributed by atoms with E-state index in [4.69, 9.17) is 10.5 Å². The van der Waals surface area contributed by atoms with Gasteiger partial charge in [-0.1, -0.05) is 26.8 Å². The molecule has 1 atom stereocenters. The molecule has 0 radical (unpaired) electrons. The Morgan fingerprint density at radius 1 is 1.33 bits per heavy atom. The first-order chi connectivity index (χ1) is 6.89. The second kappa shape index (κ2) is 3.24. The van der Waals surface area contributed by atoms with Crippen molar-refractivity contribution in [1.29, 1.82) is 0 Å². The lowest BCUT2D eigenvalue weighted by Crippen LogP contribution is -2.14. The minimum atomic E-state index is 0.0426. The molecule has 1 heterocycles. The Morgan fingerprint density at radius 2 is 2.00 bits per heavy atom. The molecule has 0 saturated carbocycles. The van der Waals surface area contributed by atoms with Gasteiger partial charge in [-0.2, -0.15) is 0 Å². The van der Waals surface area contributed by atoms with Crippen LogP contribution in [0.4, 0.5) is 0 Å². The number of hydrogen-bond donors (Lipinski definition) is 1. The number of hydrogen-bond acceptors (Lipinski definition) is 2. The van der Waals surface area contributed by atoms with E-state index < -0.39 is 0 Å². The minimum absolute atomic E-state index is 0.0426. The molecule has 15 heavy (non-hydrogen) atoms. The van der Waals surface area contributed by atoms with Gasteiger partial charge in [0.05, 0.1) is 6.04 Å². The highest BCUT2D eigenvalue weighted by atomic mass is 16.5. The summed E-state index contributed by atoms with van der Waals surface area (Å²) in [5.74, 6) is 0.996. The first-order valence-electron chi connectivity index (χ1n) is 5.43. The van der Waals surface area contributed by atoms with Crippen molar-refractivity contribution >= 4 is 0 Å². The van der Waals surface area contributed by atoms with Gasteiger partial charge in [-0.05, 0) is 29.5 Å². The maximum atomic E-state index is 6.00. The van der Waals surface area contributed by atoms with Gasteiger partial charge >= 0.3 is 0 Å². The molecule has 1 aliphatic heterocycles. The molecule has 0 bridgehead atoms. The molecule has 1 aromatic carbocycles. The quantitative estimate of drug-likeness (QED) is 0.706. The first kappa shape index (κ1) is 10.5. The van der Waals surface area contributed by atoms with E-state index in [9.17, 15) is 0 Å². The molecule has 1 aliphatic rings. The maximum Gasteiger partial charge on any atom is 0.127 e. The van der Waals surface area contributed by atoms with Crippen molar-refractivity contribution in [1.82, 2.24) is 0 Å². The molecule has 0 aromatic heterocycles. The van der Waals surface area contributed by atoms with Crippen molar-refractivity contribution < 1.29 is 4.74 Å². The fraction of sp³-hybridized carbons (Fsp3) is 0.538. The number of benzene rings is 1. The van der Waals surface area contributed by atoms with E-state index in [2.05, 4.69) is 39.8 Å². The molecule has 1 unspecified atom stereocenters. The van der Waals surface area contributed by atoms with Crippen LogP contribution in [-0.4, -0.2) is 6.61 Å². The van der Waals surface area contributed by atoms with E-state index in [1.165, 1.54) is 16.7 Å². The molecular weight excluding hydrogens is 186 g/mol. The summed E-state index contributed by atoms with van der Waals surface area (Å²) in [7, 11) is 0. The topological polar surface area (TPSA) is 35.2 Å². The van der Waals surface area contributed by atoms with Gasteiger partial charge in [0.25, 0.3) is 0 Å². The average molecular weight is 205 g/mol. The highest BCUT2D eigenvalue weighted by Crippen LogP contribution is 2.37. The molecule has 0 amide bonds. The van der Waals surface area contributed by atoms with Gasteiger partial charge in [0.1, 0.15) is 12.4 Å². The van der Waals surface area contributed by atoms with Gasteiger partial charge < -0.3 is 10.5 Å². The highest BCUT2D eigenvalue weighted by molar-refractivity contribution is 5.49. The fourth-order valence-electron chi connectivity index (χ4n) is 1.97. The van der Waals surface area contributed by atoms with Crippen LogP contribution >= 0.6 is 0 Å². The van der Waals surface area contributed by atoms with Crippen LogP contribution in [0, 0.1) is 6.92 Å². The smallest absolute Gasteiger partial charge is 0.127 e. The van der Waals surface area contributed by atoms with Gasteiger partial charge in [-0.3, -0.25) is 0 Å². The van der Waals surface area contributed by atoms with Gasteiger partial charge in [0.2, 0.25) is 0 Å². The van der Waals surface area contributed by atoms with Crippen molar-refractivity contribution in [2.75, 3.05) is 6.61 Å². The Bertz CT molecular complexity index is 390. The summed E-state index contributed by atoms with van der Waals surface area (Å²) < 4.78 is 5.58. The van der Waals surface area contributed by atoms with Crippen LogP contribution in [0.2, 0.25) is 0 Å². The van der Waals surface area contributed by atoms with Crippen molar-refractivity contribution in [3.05, 3.63) is 28.8 Å². The predicted molar refractivity (Wildman–Crippen MR) is 62.3 cm³/mol. The zero-order valence-corrected chi connectivity index (χ0v) is 9.92. The molecule has 82 valence electrons. The van der Waals surface area contributed by atoms with Crippen molar-refractivity contribution in [2.24, 2.45) is 5.73 Å². The molecule has 0 fully saturated rings. The number of ether oxygens (including phenoxy) is 1. The van der Waals surface area contributed by atoms with Crippen LogP contribution in [-0.2, 0) is 5.41 Å². The monoisotopic (exact) mass is 205 g/mol. The summed E-state index contributed by atoms with van der Waals surface area (Å²) >= 11 is 0. The first-order valence-corrected chi connectivity index (χ1v) is 5.43. The van der Waals surface area contributed by atoms with Crippen LogP contribution in [0.3, 0.4) is 0 Å². The zero-order valence-electron chi connectivity index (χ0n) is 9.92. The van der Waals surface area contributed by atoms with Crippen LogP contribution in [0.5, 0.6) is 5.75 Å². The largest absolute Gasteiger partial charge is 0.491 e. The third-order valence-corrected chi connectivity index (χ3v) is 2.98. The van der Waals surface area contributed by atoms with E-state index >= 15 is 0 Å². The summed E-state index contributed by atoms with van der Waals surface area (Å²) in [4.78, 5) is 0. The van der Waals surface area contributed by atoms with Crippen LogP contribution in [0.15, 0.2) is 12.1 Å². The minimum Gasteiger partial charge on any atom is -0.491 e. The highest BCUT2D eigenvalue weighted by Gasteiger charge is 2.25. The molecular formula is C13H19NO. The second-order valence-electron chi connectivity index (χ2n) is 5.38. The lowest BCUT2D eigenvalue weighted by Gasteiger charge is -2.21. The molecule has 2 nitrogen and oxygen atoms in total. The van der Waals surface area contributed by atoms with Gasteiger partial charge in [0.15, 0.2) is 0 Å². The number of fused-ring (bicyclic) bond motifs is 1.